The van der Waals surface area contributed by atoms with Crippen LogP contribution in [0, 0.1) is 17.0 Å². The Morgan fingerprint density at radius 2 is 2.00 bits per heavy atom. The number of amidine groups is 1. The van der Waals surface area contributed by atoms with Gasteiger partial charge in [-0.3, -0.25) is 15.1 Å². The minimum Gasteiger partial charge on any atom is -0.264 e. The molecule has 7 nitrogen and oxygen atoms in total. The Kier molecular flexibility index (Phi) is 3.52. The van der Waals surface area contributed by atoms with Crippen LogP contribution in [0.25, 0.3) is 0 Å². The normalized spacial score (nSPS) is 15.4. The highest BCUT2D eigenvalue weighted by Gasteiger charge is 2.32. The molecule has 0 aromatic heterocycles. The summed E-state index contributed by atoms with van der Waals surface area (Å²) < 4.78 is 25.7. The zero-order valence-corrected chi connectivity index (χ0v) is 11.1. The standard InChI is InChI=1S/C11H13N3O4S/c1-9-2-4-10(5-3-9)19(17,18)13-7-6-12-11(13)8-14(15)16/h2-5H,6-8H2,1H3. The Bertz CT molecular complexity index is 622. The van der Waals surface area contributed by atoms with Crippen molar-refractivity contribution >= 4 is 15.9 Å². The molecular weight excluding hydrogens is 270 g/mol. The molecule has 0 spiro atoms. The lowest BCUT2D eigenvalue weighted by Crippen LogP contribution is -2.37. The molecule has 1 aromatic carbocycles. The summed E-state index contributed by atoms with van der Waals surface area (Å²) in [5.74, 6) is -0.00873. The van der Waals surface area contributed by atoms with Gasteiger partial charge in [0.1, 0.15) is 0 Å². The van der Waals surface area contributed by atoms with Crippen molar-refractivity contribution < 1.29 is 13.3 Å². The Labute approximate surface area is 110 Å². The molecule has 0 N–H and O–H groups in total. The molecule has 0 atom stereocenters. The maximum absolute atomic E-state index is 12.4. The number of aliphatic imine (C=N–C) groups is 1. The fourth-order valence-corrected chi connectivity index (χ4v) is 3.27. The van der Waals surface area contributed by atoms with Gasteiger partial charge in [0.25, 0.3) is 16.6 Å². The number of nitrogens with zero attached hydrogens (tertiary/aromatic N) is 3. The van der Waals surface area contributed by atoms with E-state index in [1.807, 2.05) is 6.92 Å². The van der Waals surface area contributed by atoms with Crippen molar-refractivity contribution in [1.29, 1.82) is 0 Å². The summed E-state index contributed by atoms with van der Waals surface area (Å²) in [6, 6.07) is 6.36. The number of hydrogen-bond acceptors (Lipinski definition) is 5. The fraction of sp³-hybridized carbons (Fsp3) is 0.364. The second-order valence-corrected chi connectivity index (χ2v) is 6.04. The third-order valence-electron chi connectivity index (χ3n) is 2.76. The van der Waals surface area contributed by atoms with Crippen LogP contribution in [0.5, 0.6) is 0 Å². The lowest BCUT2D eigenvalue weighted by molar-refractivity contribution is -0.463. The van der Waals surface area contributed by atoms with Gasteiger partial charge in [-0.2, -0.15) is 0 Å². The second kappa shape index (κ2) is 4.96. The van der Waals surface area contributed by atoms with Crippen LogP contribution in [0.15, 0.2) is 34.2 Å². The first kappa shape index (κ1) is 13.5. The van der Waals surface area contributed by atoms with Crippen LogP contribution in [-0.4, -0.2) is 43.1 Å². The molecule has 2 rings (SSSR count). The lowest BCUT2D eigenvalue weighted by Gasteiger charge is -2.18. The molecule has 0 bridgehead atoms. The van der Waals surface area contributed by atoms with Crippen LogP contribution in [0.2, 0.25) is 0 Å². The average molecular weight is 283 g/mol. The van der Waals surface area contributed by atoms with Crippen LogP contribution in [-0.2, 0) is 10.0 Å². The fourth-order valence-electron chi connectivity index (χ4n) is 1.82. The Morgan fingerprint density at radius 1 is 1.37 bits per heavy atom. The summed E-state index contributed by atoms with van der Waals surface area (Å²) in [5, 5.41) is 10.5. The molecule has 8 heteroatoms. The van der Waals surface area contributed by atoms with E-state index in [9.17, 15) is 18.5 Å². The van der Waals surface area contributed by atoms with Crippen molar-refractivity contribution in [2.45, 2.75) is 11.8 Å². The van der Waals surface area contributed by atoms with Crippen LogP contribution in [0.1, 0.15) is 5.56 Å². The number of hydrogen-bond donors (Lipinski definition) is 0. The smallest absolute Gasteiger partial charge is 0.264 e. The van der Waals surface area contributed by atoms with Gasteiger partial charge in [-0.25, -0.2) is 12.7 Å². The monoisotopic (exact) mass is 283 g/mol. The highest BCUT2D eigenvalue weighted by atomic mass is 32.2. The molecule has 19 heavy (non-hydrogen) atoms. The van der Waals surface area contributed by atoms with Gasteiger partial charge in [0, 0.05) is 4.92 Å². The van der Waals surface area contributed by atoms with Crippen LogP contribution in [0.4, 0.5) is 0 Å². The van der Waals surface area contributed by atoms with Gasteiger partial charge in [-0.15, -0.1) is 0 Å². The minimum absolute atomic E-state index is 0.00873. The third kappa shape index (κ3) is 2.73. The molecule has 1 heterocycles. The zero-order chi connectivity index (χ0) is 14.0. The minimum atomic E-state index is -3.75. The lowest BCUT2D eigenvalue weighted by atomic mass is 10.2. The second-order valence-electron chi connectivity index (χ2n) is 4.18. The largest absolute Gasteiger partial charge is 0.265 e. The van der Waals surface area contributed by atoms with E-state index in [0.29, 0.717) is 0 Å². The van der Waals surface area contributed by atoms with Crippen LogP contribution >= 0.6 is 0 Å². The quantitative estimate of drug-likeness (QED) is 0.599. The van der Waals surface area contributed by atoms with Gasteiger partial charge in [0.05, 0.1) is 18.0 Å². The molecule has 0 amide bonds. The number of benzene rings is 1. The van der Waals surface area contributed by atoms with Crippen LogP contribution in [0.3, 0.4) is 0 Å². The molecule has 0 unspecified atom stereocenters. The molecular formula is C11H13N3O4S. The molecule has 0 saturated carbocycles. The van der Waals surface area contributed by atoms with Gasteiger partial charge < -0.3 is 0 Å². The summed E-state index contributed by atoms with van der Waals surface area (Å²) in [4.78, 5) is 13.9. The number of aryl methyl sites for hydroxylation is 1. The first-order chi connectivity index (χ1) is 8.91. The molecule has 1 aliphatic rings. The van der Waals surface area contributed by atoms with E-state index < -0.39 is 21.5 Å². The highest BCUT2D eigenvalue weighted by Crippen LogP contribution is 2.19. The average Bonchev–Trinajstić information content (AvgIpc) is 2.77. The summed E-state index contributed by atoms with van der Waals surface area (Å²) in [5.41, 5.74) is 0.944. The molecule has 1 aromatic rings. The van der Waals surface area contributed by atoms with Crippen molar-refractivity contribution in [2.24, 2.45) is 4.99 Å². The van der Waals surface area contributed by atoms with Crippen LogP contribution < -0.4 is 0 Å². The van der Waals surface area contributed by atoms with Gasteiger partial charge in [0.15, 0.2) is 5.84 Å². The van der Waals surface area contributed by atoms with E-state index >= 15 is 0 Å². The third-order valence-corrected chi connectivity index (χ3v) is 4.61. The summed E-state index contributed by atoms with van der Waals surface area (Å²) >= 11 is 0. The molecule has 0 aliphatic carbocycles. The van der Waals surface area contributed by atoms with Gasteiger partial charge in [0.2, 0.25) is 0 Å². The van der Waals surface area contributed by atoms with Crippen molar-refractivity contribution in [3.8, 4) is 0 Å². The maximum Gasteiger partial charge on any atom is 0.265 e. The Morgan fingerprint density at radius 3 is 2.58 bits per heavy atom. The summed E-state index contributed by atoms with van der Waals surface area (Å²) in [6.07, 6.45) is 0. The van der Waals surface area contributed by atoms with E-state index in [1.165, 1.54) is 12.1 Å². The zero-order valence-electron chi connectivity index (χ0n) is 10.3. The first-order valence-corrected chi connectivity index (χ1v) is 7.10. The van der Waals surface area contributed by atoms with Crippen molar-refractivity contribution in [1.82, 2.24) is 4.31 Å². The van der Waals surface area contributed by atoms with E-state index in [1.54, 1.807) is 12.1 Å². The Hall–Kier alpha value is -1.96. The molecule has 1 aliphatic heterocycles. The van der Waals surface area contributed by atoms with Crippen molar-refractivity contribution in [3.63, 3.8) is 0 Å². The Balaban J connectivity index is 2.32. The van der Waals surface area contributed by atoms with Gasteiger partial charge in [-0.05, 0) is 19.1 Å². The number of sulfonamides is 1. The molecule has 0 fully saturated rings. The molecule has 0 radical (unpaired) electrons. The highest BCUT2D eigenvalue weighted by molar-refractivity contribution is 7.89. The first-order valence-electron chi connectivity index (χ1n) is 5.66. The number of nitro groups is 1. The topological polar surface area (TPSA) is 92.9 Å². The predicted molar refractivity (Wildman–Crippen MR) is 69.2 cm³/mol. The van der Waals surface area contributed by atoms with Crippen molar-refractivity contribution in [3.05, 3.63) is 39.9 Å². The predicted octanol–water partition coefficient (Wildman–Crippen LogP) is 0.675. The molecule has 0 saturated heterocycles. The van der Waals surface area contributed by atoms with E-state index in [2.05, 4.69) is 4.99 Å². The van der Waals surface area contributed by atoms with E-state index in [0.717, 1.165) is 9.87 Å². The SMILES string of the molecule is Cc1ccc(S(=O)(=O)N2CCN=C2C[N+](=O)[O-])cc1. The van der Waals surface area contributed by atoms with Crippen molar-refractivity contribution in [2.75, 3.05) is 19.6 Å². The van der Waals surface area contributed by atoms with E-state index in [-0.39, 0.29) is 23.8 Å². The summed E-state index contributed by atoms with van der Waals surface area (Å²) in [7, 11) is -3.75. The van der Waals surface area contributed by atoms with Gasteiger partial charge in [-0.1, -0.05) is 17.7 Å². The molecule has 102 valence electrons. The van der Waals surface area contributed by atoms with Gasteiger partial charge >= 0.3 is 0 Å². The maximum atomic E-state index is 12.4. The van der Waals surface area contributed by atoms with E-state index in [4.69, 9.17) is 0 Å². The summed E-state index contributed by atoms with van der Waals surface area (Å²) in [6.45, 7) is 1.69. The number of rotatable bonds is 4.